The van der Waals surface area contributed by atoms with E-state index in [9.17, 15) is 9.59 Å². The van der Waals surface area contributed by atoms with Crippen LogP contribution in [-0.4, -0.2) is 143 Å². The summed E-state index contributed by atoms with van der Waals surface area (Å²) >= 11 is 0. The van der Waals surface area contributed by atoms with Gasteiger partial charge in [-0.15, -0.1) is 0 Å². The Labute approximate surface area is 402 Å². The Kier molecular flexibility index (Phi) is 24.1. The molecule has 0 bridgehead atoms. The average Bonchev–Trinajstić information content (AvgIpc) is 4.03. The number of amides is 1. The first-order valence-corrected chi connectivity index (χ1v) is 27.9. The molecule has 0 N–H and O–H groups in total. The van der Waals surface area contributed by atoms with Crippen LogP contribution in [0.4, 0.5) is 4.79 Å². The van der Waals surface area contributed by atoms with E-state index in [0.29, 0.717) is 57.1 Å². The van der Waals surface area contributed by atoms with Gasteiger partial charge in [0.1, 0.15) is 11.7 Å². The van der Waals surface area contributed by atoms with E-state index >= 15 is 0 Å². The molecule has 66 heavy (non-hydrogen) atoms. The summed E-state index contributed by atoms with van der Waals surface area (Å²) in [5.41, 5.74) is -0.555. The number of esters is 1. The first kappa shape index (κ1) is 58.2. The molecule has 0 aromatic heterocycles. The number of piperazine rings is 1. The van der Waals surface area contributed by atoms with Gasteiger partial charge in [0.15, 0.2) is 27.0 Å². The summed E-state index contributed by atoms with van der Waals surface area (Å²) in [6, 6.07) is 2.25. The molecule has 13 nitrogen and oxygen atoms in total. The summed E-state index contributed by atoms with van der Waals surface area (Å²) in [7, 11) is -0.512. The molecule has 3 aliphatic rings. The second-order valence-corrected chi connectivity index (χ2v) is 25.0. The number of nitrogens with zero attached hydrogens (tertiary/aromatic N) is 2. The molecule has 2 saturated heterocycles. The van der Waals surface area contributed by atoms with Crippen molar-refractivity contribution in [3.63, 3.8) is 0 Å². The Hall–Kier alpha value is -2.14. The summed E-state index contributed by atoms with van der Waals surface area (Å²) in [6.07, 6.45) is 9.50. The van der Waals surface area contributed by atoms with Crippen LogP contribution >= 0.6 is 0 Å². The Balaban J connectivity index is 2.08. The van der Waals surface area contributed by atoms with E-state index in [1.807, 2.05) is 72.8 Å². The highest BCUT2D eigenvalue weighted by atomic mass is 28.4. The lowest BCUT2D eigenvalue weighted by Gasteiger charge is -2.42. The van der Waals surface area contributed by atoms with Crippen molar-refractivity contribution in [1.29, 1.82) is 0 Å². The van der Waals surface area contributed by atoms with Gasteiger partial charge in [-0.1, -0.05) is 72.8 Å². The van der Waals surface area contributed by atoms with Crippen molar-refractivity contribution in [2.75, 3.05) is 46.5 Å². The van der Waals surface area contributed by atoms with Crippen molar-refractivity contribution in [3.05, 3.63) is 36.0 Å². The number of carbonyl (C=O) groups is 2. The summed E-state index contributed by atoms with van der Waals surface area (Å²) < 4.78 is 57.4. The molecule has 2 fully saturated rings. The van der Waals surface area contributed by atoms with Gasteiger partial charge in [0.05, 0.1) is 36.4 Å². The van der Waals surface area contributed by atoms with Crippen LogP contribution in [0.2, 0.25) is 17.6 Å². The Bertz CT molecular complexity index is 1540. The molecule has 0 aromatic rings. The minimum Gasteiger partial charge on any atom is -0.457 e. The van der Waals surface area contributed by atoms with Gasteiger partial charge in [-0.05, 0) is 111 Å². The third-order valence-electron chi connectivity index (χ3n) is 14.4. The predicted octanol–water partition coefficient (Wildman–Crippen LogP) is 10.6. The normalized spacial score (nSPS) is 29.7. The van der Waals surface area contributed by atoms with Crippen molar-refractivity contribution in [2.24, 2.45) is 11.8 Å². The minimum absolute atomic E-state index is 0.0149. The van der Waals surface area contributed by atoms with Gasteiger partial charge < -0.3 is 47.2 Å². The average molecular weight is 951 g/mol. The van der Waals surface area contributed by atoms with Crippen LogP contribution in [0.15, 0.2) is 36.0 Å². The molecule has 0 aliphatic carbocycles. The van der Waals surface area contributed by atoms with Gasteiger partial charge in [0, 0.05) is 70.8 Å². The standard InChI is InChI=1S/C52H94N2O11Si/c1-18-44(57-17)40(12)49-45(60-49)35-51(15,63-41(13)58-19-2)28-23-24-38(10)48-39(11)25-26-46(61-50(56)54-32-30-53(31-33-54)36(6)7)52(16,64-42(14)59-20-3)29-27-43(34-47(55)62-48)65-66(21-4,22-5)37(8)9/h23-26,28,36-37,39-46,48-49H,18-22,27,29-35H2,1-17H3/b26-25+,28-23+,38-24+. The second-order valence-electron chi connectivity index (χ2n) is 20.0. The summed E-state index contributed by atoms with van der Waals surface area (Å²) in [5, 5.41) is 0. The minimum atomic E-state index is -2.27. The van der Waals surface area contributed by atoms with Crippen LogP contribution in [0.1, 0.15) is 143 Å². The maximum Gasteiger partial charge on any atom is 0.410 e. The third-order valence-corrected chi connectivity index (χ3v) is 19.7. The molecular formula is C52H94N2O11Si. The van der Waals surface area contributed by atoms with Crippen molar-refractivity contribution >= 4 is 20.4 Å². The Morgan fingerprint density at radius 2 is 1.61 bits per heavy atom. The van der Waals surface area contributed by atoms with Gasteiger partial charge in [-0.3, -0.25) is 9.69 Å². The van der Waals surface area contributed by atoms with Crippen LogP contribution in [0.3, 0.4) is 0 Å². The number of epoxide rings is 1. The molecule has 3 aliphatic heterocycles. The van der Waals surface area contributed by atoms with Crippen LogP contribution in [-0.2, 0) is 47.1 Å². The largest absolute Gasteiger partial charge is 0.457 e. The Morgan fingerprint density at radius 3 is 2.17 bits per heavy atom. The van der Waals surface area contributed by atoms with E-state index < -0.39 is 50.4 Å². The van der Waals surface area contributed by atoms with Gasteiger partial charge in [-0.25, -0.2) is 4.79 Å². The fourth-order valence-electron chi connectivity index (χ4n) is 10.1. The number of methoxy groups -OCH3 is 1. The van der Waals surface area contributed by atoms with E-state index in [1.54, 1.807) is 12.0 Å². The van der Waals surface area contributed by atoms with Crippen molar-refractivity contribution in [1.82, 2.24) is 9.80 Å². The Morgan fingerprint density at radius 1 is 0.970 bits per heavy atom. The molecule has 0 spiro atoms. The molecule has 3 heterocycles. The highest BCUT2D eigenvalue weighted by molar-refractivity contribution is 6.75. The number of allylic oxidation sites excluding steroid dienone is 2. The van der Waals surface area contributed by atoms with Crippen molar-refractivity contribution in [2.45, 2.75) is 227 Å². The fourth-order valence-corrected chi connectivity index (χ4v) is 13.7. The number of hydrogen-bond acceptors (Lipinski definition) is 12. The van der Waals surface area contributed by atoms with Crippen LogP contribution in [0.25, 0.3) is 0 Å². The van der Waals surface area contributed by atoms with Gasteiger partial charge in [-0.2, -0.15) is 0 Å². The topological polar surface area (TPSA) is 127 Å². The molecule has 0 aromatic carbocycles. The van der Waals surface area contributed by atoms with E-state index in [1.165, 1.54) is 0 Å². The molecule has 3 rings (SSSR count). The van der Waals surface area contributed by atoms with E-state index in [2.05, 4.69) is 73.3 Å². The molecule has 0 radical (unpaired) electrons. The summed E-state index contributed by atoms with van der Waals surface area (Å²) in [5.74, 6) is -0.386. The van der Waals surface area contributed by atoms with Crippen LogP contribution in [0.5, 0.6) is 0 Å². The van der Waals surface area contributed by atoms with Gasteiger partial charge in [0.25, 0.3) is 0 Å². The van der Waals surface area contributed by atoms with Crippen molar-refractivity contribution in [3.8, 4) is 0 Å². The second kappa shape index (κ2) is 27.3. The van der Waals surface area contributed by atoms with Gasteiger partial charge in [0.2, 0.25) is 0 Å². The molecule has 14 heteroatoms. The van der Waals surface area contributed by atoms with Crippen molar-refractivity contribution < 1.29 is 51.9 Å². The zero-order chi connectivity index (χ0) is 49.4. The number of ether oxygens (including phenoxy) is 8. The maximum atomic E-state index is 14.3. The number of cyclic esters (lactones) is 1. The number of hydrogen-bond donors (Lipinski definition) is 0. The van der Waals surface area contributed by atoms with E-state index in [4.69, 9.17) is 42.3 Å². The lowest BCUT2D eigenvalue weighted by Crippen LogP contribution is -2.53. The van der Waals surface area contributed by atoms with Crippen LogP contribution in [0, 0.1) is 11.8 Å². The van der Waals surface area contributed by atoms with Crippen LogP contribution < -0.4 is 0 Å². The number of carbonyl (C=O) groups excluding carboxylic acids is 2. The maximum absolute atomic E-state index is 14.3. The van der Waals surface area contributed by atoms with E-state index in [-0.39, 0.29) is 48.6 Å². The molecule has 1 amide bonds. The zero-order valence-electron chi connectivity index (χ0n) is 44.4. The fraction of sp³-hybridized carbons (Fsp3) is 0.846. The zero-order valence-corrected chi connectivity index (χ0v) is 45.4. The molecule has 382 valence electrons. The predicted molar refractivity (Wildman–Crippen MR) is 265 cm³/mol. The monoisotopic (exact) mass is 951 g/mol. The SMILES string of the molecule is CCOC(C)OC(C)(/C=C/C=C(\C)C1OC(=O)CC(O[Si](CC)(CC)C(C)C)CCC(C)(OC(C)OCC)C(OC(=O)N2CCN(C(C)C)CC2)/C=C/C1C)CC1OC1C(C)C(CC)OC. The highest BCUT2D eigenvalue weighted by Gasteiger charge is 2.49. The van der Waals surface area contributed by atoms with Gasteiger partial charge >= 0.3 is 12.1 Å². The molecule has 0 saturated carbocycles. The molecule has 12 atom stereocenters. The smallest absolute Gasteiger partial charge is 0.410 e. The lowest BCUT2D eigenvalue weighted by molar-refractivity contribution is -0.222. The first-order valence-electron chi connectivity index (χ1n) is 25.5. The third kappa shape index (κ3) is 17.1. The molecular weight excluding hydrogens is 857 g/mol. The number of rotatable bonds is 24. The summed E-state index contributed by atoms with van der Waals surface area (Å²) in [4.78, 5) is 32.6. The summed E-state index contributed by atoms with van der Waals surface area (Å²) in [6.45, 7) is 37.0. The highest BCUT2D eigenvalue weighted by Crippen LogP contribution is 2.40. The van der Waals surface area contributed by atoms with E-state index in [0.717, 1.165) is 37.2 Å². The first-order chi connectivity index (χ1) is 31.1. The lowest BCUT2D eigenvalue weighted by atomic mass is 9.88. The molecule has 12 unspecified atom stereocenters. The quantitative estimate of drug-likeness (QED) is 0.0228.